The van der Waals surface area contributed by atoms with E-state index in [-0.39, 0.29) is 21.2 Å². The number of fused-ring (bicyclic) bond motifs is 1. The van der Waals surface area contributed by atoms with E-state index in [0.29, 0.717) is 0 Å². The number of aromatic nitrogens is 2. The third-order valence-electron chi connectivity index (χ3n) is 2.45. The Morgan fingerprint density at radius 3 is 2.53 bits per heavy atom. The zero-order valence-electron chi connectivity index (χ0n) is 8.75. The molecule has 1 heterocycles. The van der Waals surface area contributed by atoms with Crippen LogP contribution in [0.15, 0.2) is 27.8 Å². The normalized spacial score (nSPS) is 10.6. The van der Waals surface area contributed by atoms with Crippen molar-refractivity contribution < 1.29 is 15.0 Å². The molecule has 0 saturated heterocycles. The van der Waals surface area contributed by atoms with E-state index in [1.54, 1.807) is 0 Å². The maximum absolute atomic E-state index is 11.7. The molecule has 7 nitrogen and oxygen atoms in total. The number of nitrogens with zero attached hydrogens (tertiary/aromatic N) is 2. The van der Waals surface area contributed by atoms with Crippen molar-refractivity contribution in [1.82, 2.24) is 9.13 Å². The van der Waals surface area contributed by atoms with Gasteiger partial charge in [-0.15, -0.1) is 0 Å². The molecule has 17 heavy (non-hydrogen) atoms. The molecule has 0 atom stereocenters. The Morgan fingerprint density at radius 2 is 1.94 bits per heavy atom. The van der Waals surface area contributed by atoms with Gasteiger partial charge in [-0.3, -0.25) is 9.36 Å². The lowest BCUT2D eigenvalue weighted by molar-refractivity contribution is 0.193. The van der Waals surface area contributed by atoms with E-state index >= 15 is 0 Å². The van der Waals surface area contributed by atoms with Gasteiger partial charge in [-0.2, -0.15) is 4.57 Å². The number of aromatic hydroxyl groups is 1. The summed E-state index contributed by atoms with van der Waals surface area (Å²) >= 11 is 0. The third kappa shape index (κ3) is 1.48. The molecule has 0 unspecified atom stereocenters. The number of rotatable bonds is 0. The molecule has 7 heteroatoms. The van der Waals surface area contributed by atoms with E-state index in [9.17, 15) is 19.5 Å². The SMILES string of the molecule is Cn1c(=O)n(C(=O)O)c(=O)c2ccc(O)cc21. The van der Waals surface area contributed by atoms with Gasteiger partial charge in [-0.25, -0.2) is 9.59 Å². The minimum Gasteiger partial charge on any atom is -0.508 e. The Kier molecular flexibility index (Phi) is 2.24. The summed E-state index contributed by atoms with van der Waals surface area (Å²) in [5, 5.41) is 18.1. The molecule has 0 spiro atoms. The Labute approximate surface area is 93.8 Å². The number of phenolic OH excluding ortho intramolecular Hbond substituents is 1. The number of phenols is 1. The van der Waals surface area contributed by atoms with E-state index < -0.39 is 17.3 Å². The first-order valence-corrected chi connectivity index (χ1v) is 4.61. The van der Waals surface area contributed by atoms with Gasteiger partial charge in [0, 0.05) is 13.1 Å². The third-order valence-corrected chi connectivity index (χ3v) is 2.45. The van der Waals surface area contributed by atoms with Gasteiger partial charge in [-0.05, 0) is 12.1 Å². The van der Waals surface area contributed by atoms with Crippen LogP contribution in [0.1, 0.15) is 0 Å². The van der Waals surface area contributed by atoms with Crippen LogP contribution in [-0.2, 0) is 7.05 Å². The van der Waals surface area contributed by atoms with Crippen molar-refractivity contribution in [3.05, 3.63) is 39.0 Å². The minimum atomic E-state index is -1.63. The maximum atomic E-state index is 11.7. The van der Waals surface area contributed by atoms with Gasteiger partial charge in [0.1, 0.15) is 5.75 Å². The van der Waals surface area contributed by atoms with Crippen LogP contribution >= 0.6 is 0 Å². The predicted octanol–water partition coefficient (Wildman–Crippen LogP) is -0.0681. The Balaban J connectivity index is 3.11. The fourth-order valence-electron chi connectivity index (χ4n) is 1.61. The zero-order valence-corrected chi connectivity index (χ0v) is 8.75. The average Bonchev–Trinajstić information content (AvgIpc) is 2.25. The highest BCUT2D eigenvalue weighted by atomic mass is 16.4. The van der Waals surface area contributed by atoms with E-state index in [1.165, 1.54) is 25.2 Å². The van der Waals surface area contributed by atoms with Crippen LogP contribution in [-0.4, -0.2) is 25.4 Å². The summed E-state index contributed by atoms with van der Waals surface area (Å²) < 4.78 is 1.12. The van der Waals surface area contributed by atoms with Crippen LogP contribution in [0.25, 0.3) is 10.9 Å². The topological polar surface area (TPSA) is 102 Å². The molecule has 0 radical (unpaired) electrons. The predicted molar refractivity (Wildman–Crippen MR) is 58.5 cm³/mol. The molecule has 0 aliphatic heterocycles. The van der Waals surface area contributed by atoms with Gasteiger partial charge in [0.15, 0.2) is 0 Å². The van der Waals surface area contributed by atoms with E-state index in [2.05, 4.69) is 0 Å². The first kappa shape index (κ1) is 10.9. The van der Waals surface area contributed by atoms with Crippen molar-refractivity contribution in [3.63, 3.8) is 0 Å². The lowest BCUT2D eigenvalue weighted by Crippen LogP contribution is -2.42. The molecule has 0 amide bonds. The van der Waals surface area contributed by atoms with Crippen LogP contribution in [0.4, 0.5) is 4.79 Å². The fraction of sp³-hybridized carbons (Fsp3) is 0.100. The standard InChI is InChI=1S/C10H8N2O5/c1-11-7-4-5(13)2-3-6(7)8(14)12(9(11)15)10(16)17/h2-4,13H,1H3,(H,16,17). The summed E-state index contributed by atoms with van der Waals surface area (Å²) in [6.07, 6.45) is -1.63. The molecule has 88 valence electrons. The van der Waals surface area contributed by atoms with Crippen LogP contribution in [0.2, 0.25) is 0 Å². The Bertz CT molecular complexity index is 741. The van der Waals surface area contributed by atoms with Gasteiger partial charge in [0.05, 0.1) is 10.9 Å². The van der Waals surface area contributed by atoms with Gasteiger partial charge < -0.3 is 10.2 Å². The molecule has 1 aromatic heterocycles. The summed E-state index contributed by atoms with van der Waals surface area (Å²) in [6, 6.07) is 3.75. The highest BCUT2D eigenvalue weighted by Gasteiger charge is 2.15. The number of carbonyl (C=O) groups is 1. The zero-order chi connectivity index (χ0) is 12.7. The summed E-state index contributed by atoms with van der Waals surface area (Å²) in [4.78, 5) is 34.2. The number of aryl methyl sites for hydroxylation is 1. The van der Waals surface area contributed by atoms with E-state index in [4.69, 9.17) is 5.11 Å². The van der Waals surface area contributed by atoms with Crippen molar-refractivity contribution in [2.45, 2.75) is 0 Å². The fourth-order valence-corrected chi connectivity index (χ4v) is 1.61. The van der Waals surface area contributed by atoms with Crippen LogP contribution in [0.5, 0.6) is 5.75 Å². The largest absolute Gasteiger partial charge is 0.508 e. The first-order chi connectivity index (χ1) is 7.93. The van der Waals surface area contributed by atoms with Crippen molar-refractivity contribution >= 4 is 17.0 Å². The van der Waals surface area contributed by atoms with Crippen molar-refractivity contribution in [2.75, 3.05) is 0 Å². The monoisotopic (exact) mass is 236 g/mol. The molecular formula is C10H8N2O5. The van der Waals surface area contributed by atoms with Crippen LogP contribution in [0.3, 0.4) is 0 Å². The molecule has 1 aromatic carbocycles. The lowest BCUT2D eigenvalue weighted by atomic mass is 10.2. The van der Waals surface area contributed by atoms with E-state index in [1.807, 2.05) is 0 Å². The number of carboxylic acid groups (broad SMARTS) is 1. The summed E-state index contributed by atoms with van der Waals surface area (Å²) in [5.74, 6) is -0.111. The molecule has 0 bridgehead atoms. The molecule has 0 aliphatic carbocycles. The molecule has 2 N–H and O–H groups in total. The minimum absolute atomic E-state index is 0.0484. The first-order valence-electron chi connectivity index (χ1n) is 4.61. The molecule has 2 aromatic rings. The molecule has 0 fully saturated rings. The Morgan fingerprint density at radius 1 is 1.29 bits per heavy atom. The van der Waals surface area contributed by atoms with Crippen molar-refractivity contribution in [3.8, 4) is 5.75 Å². The number of hydrogen-bond donors (Lipinski definition) is 2. The summed E-state index contributed by atoms with van der Waals surface area (Å²) in [6.45, 7) is 0. The summed E-state index contributed by atoms with van der Waals surface area (Å²) in [7, 11) is 1.32. The summed E-state index contributed by atoms with van der Waals surface area (Å²) in [5.41, 5.74) is -1.71. The van der Waals surface area contributed by atoms with Gasteiger partial charge >= 0.3 is 11.8 Å². The molecular weight excluding hydrogens is 228 g/mol. The average molecular weight is 236 g/mol. The molecule has 0 saturated carbocycles. The second-order valence-corrected chi connectivity index (χ2v) is 3.47. The smallest absolute Gasteiger partial charge is 0.422 e. The molecule has 0 aliphatic rings. The number of benzene rings is 1. The van der Waals surface area contributed by atoms with Gasteiger partial charge in [0.25, 0.3) is 5.56 Å². The quantitative estimate of drug-likeness (QED) is 0.666. The van der Waals surface area contributed by atoms with E-state index in [0.717, 1.165) is 4.57 Å². The number of hydrogen-bond acceptors (Lipinski definition) is 4. The van der Waals surface area contributed by atoms with Crippen molar-refractivity contribution in [2.24, 2.45) is 7.05 Å². The molecule has 2 rings (SSSR count). The van der Waals surface area contributed by atoms with Crippen molar-refractivity contribution in [1.29, 1.82) is 0 Å². The van der Waals surface area contributed by atoms with Gasteiger partial charge in [-0.1, -0.05) is 0 Å². The second-order valence-electron chi connectivity index (χ2n) is 3.47. The highest BCUT2D eigenvalue weighted by Crippen LogP contribution is 2.15. The second kappa shape index (κ2) is 3.48. The highest BCUT2D eigenvalue weighted by molar-refractivity contribution is 5.81. The Hall–Kier alpha value is -2.57. The van der Waals surface area contributed by atoms with Crippen LogP contribution < -0.4 is 11.2 Å². The lowest BCUT2D eigenvalue weighted by Gasteiger charge is -2.07. The van der Waals surface area contributed by atoms with Crippen LogP contribution in [0, 0.1) is 0 Å². The van der Waals surface area contributed by atoms with Gasteiger partial charge in [0.2, 0.25) is 0 Å². The maximum Gasteiger partial charge on any atom is 0.422 e.